The molecule has 0 aliphatic carbocycles. The maximum Gasteiger partial charge on any atom is 0.127 e. The van der Waals surface area contributed by atoms with Crippen LogP contribution in [0.3, 0.4) is 0 Å². The van der Waals surface area contributed by atoms with Crippen molar-refractivity contribution in [2.45, 2.75) is 0 Å². The number of hydrogen-bond acceptors (Lipinski definition) is 2. The van der Waals surface area contributed by atoms with Gasteiger partial charge in [0.2, 0.25) is 0 Å². The molecule has 0 atom stereocenters. The Kier molecular flexibility index (Phi) is 3.30. The topological polar surface area (TPSA) is 18.5 Å². The van der Waals surface area contributed by atoms with Gasteiger partial charge in [-0.15, -0.1) is 0 Å². The summed E-state index contributed by atoms with van der Waals surface area (Å²) in [6.45, 7) is 0. The Morgan fingerprint density at radius 3 is 2.25 bits per heavy atom. The van der Waals surface area contributed by atoms with E-state index in [0.29, 0.717) is 0 Å². The van der Waals surface area contributed by atoms with Crippen molar-refractivity contribution >= 4 is 10.8 Å². The first-order valence-electron chi connectivity index (χ1n) is 6.53. The van der Waals surface area contributed by atoms with E-state index in [9.17, 15) is 0 Å². The van der Waals surface area contributed by atoms with Gasteiger partial charge >= 0.3 is 0 Å². The molecule has 0 fully saturated rings. The molecule has 3 aromatic carbocycles. The standard InChI is InChI=1S/C18H16O2/c1-19-15-9-10-16-14(12-15)8-11-17(20-2)18(16)13-6-4-3-5-7-13/h3-12H,1-2H3. The Bertz CT molecular complexity index is 733. The molecule has 0 saturated heterocycles. The molecule has 0 heterocycles. The van der Waals surface area contributed by atoms with E-state index in [0.717, 1.165) is 33.4 Å². The monoisotopic (exact) mass is 264 g/mol. The van der Waals surface area contributed by atoms with Crippen molar-refractivity contribution in [3.63, 3.8) is 0 Å². The molecular formula is C18H16O2. The highest BCUT2D eigenvalue weighted by Crippen LogP contribution is 2.37. The summed E-state index contributed by atoms with van der Waals surface area (Å²) in [6.07, 6.45) is 0. The minimum absolute atomic E-state index is 0.863. The van der Waals surface area contributed by atoms with Crippen molar-refractivity contribution in [2.75, 3.05) is 14.2 Å². The maximum atomic E-state index is 5.53. The van der Waals surface area contributed by atoms with E-state index in [-0.39, 0.29) is 0 Å². The van der Waals surface area contributed by atoms with Gasteiger partial charge in [-0.3, -0.25) is 0 Å². The summed E-state index contributed by atoms with van der Waals surface area (Å²) in [5, 5.41) is 2.31. The van der Waals surface area contributed by atoms with E-state index in [1.165, 1.54) is 0 Å². The lowest BCUT2D eigenvalue weighted by Gasteiger charge is -2.13. The van der Waals surface area contributed by atoms with Gasteiger partial charge in [-0.05, 0) is 40.6 Å². The van der Waals surface area contributed by atoms with Crippen LogP contribution in [-0.4, -0.2) is 14.2 Å². The second-order valence-electron chi connectivity index (χ2n) is 4.60. The second kappa shape index (κ2) is 5.25. The van der Waals surface area contributed by atoms with Crippen LogP contribution in [0.4, 0.5) is 0 Å². The predicted octanol–water partition coefficient (Wildman–Crippen LogP) is 4.52. The van der Waals surface area contributed by atoms with Gasteiger partial charge in [-0.25, -0.2) is 0 Å². The first-order chi connectivity index (χ1) is 9.83. The Labute approximate surface area is 118 Å². The van der Waals surface area contributed by atoms with Crippen molar-refractivity contribution in [1.29, 1.82) is 0 Å². The van der Waals surface area contributed by atoms with Gasteiger partial charge in [-0.2, -0.15) is 0 Å². The third-order valence-corrected chi connectivity index (χ3v) is 3.47. The molecule has 3 rings (SSSR count). The zero-order chi connectivity index (χ0) is 13.9. The normalized spacial score (nSPS) is 10.5. The van der Waals surface area contributed by atoms with Crippen LogP contribution in [0.2, 0.25) is 0 Å². The van der Waals surface area contributed by atoms with Gasteiger partial charge in [0.15, 0.2) is 0 Å². The molecule has 2 heteroatoms. The van der Waals surface area contributed by atoms with Crippen molar-refractivity contribution < 1.29 is 9.47 Å². The molecule has 20 heavy (non-hydrogen) atoms. The van der Waals surface area contributed by atoms with Gasteiger partial charge in [0.1, 0.15) is 11.5 Å². The third kappa shape index (κ3) is 2.10. The molecule has 0 amide bonds. The quantitative estimate of drug-likeness (QED) is 0.692. The lowest BCUT2D eigenvalue weighted by Crippen LogP contribution is -1.90. The highest BCUT2D eigenvalue weighted by molar-refractivity contribution is 6.00. The van der Waals surface area contributed by atoms with Crippen LogP contribution < -0.4 is 9.47 Å². The fourth-order valence-electron chi connectivity index (χ4n) is 2.49. The number of rotatable bonds is 3. The number of ether oxygens (including phenoxy) is 2. The predicted molar refractivity (Wildman–Crippen MR) is 82.5 cm³/mol. The van der Waals surface area contributed by atoms with Crippen LogP contribution in [0, 0.1) is 0 Å². The summed E-state index contributed by atoms with van der Waals surface area (Å²) in [4.78, 5) is 0. The van der Waals surface area contributed by atoms with Gasteiger partial charge in [-0.1, -0.05) is 36.4 Å². The van der Waals surface area contributed by atoms with Crippen molar-refractivity contribution in [3.8, 4) is 22.6 Å². The minimum atomic E-state index is 0.863. The lowest BCUT2D eigenvalue weighted by molar-refractivity contribution is 0.415. The highest BCUT2D eigenvalue weighted by Gasteiger charge is 2.10. The molecule has 0 unspecified atom stereocenters. The van der Waals surface area contributed by atoms with Gasteiger partial charge in [0.05, 0.1) is 14.2 Å². The number of methoxy groups -OCH3 is 2. The van der Waals surface area contributed by atoms with Crippen molar-refractivity contribution in [2.24, 2.45) is 0 Å². The van der Waals surface area contributed by atoms with E-state index in [1.807, 2.05) is 36.4 Å². The number of hydrogen-bond donors (Lipinski definition) is 0. The van der Waals surface area contributed by atoms with Gasteiger partial charge in [0.25, 0.3) is 0 Å². The Hall–Kier alpha value is -2.48. The number of fused-ring (bicyclic) bond motifs is 1. The Balaban J connectivity index is 2.32. The van der Waals surface area contributed by atoms with E-state index < -0.39 is 0 Å². The van der Waals surface area contributed by atoms with Crippen LogP contribution >= 0.6 is 0 Å². The lowest BCUT2D eigenvalue weighted by atomic mass is 9.97. The second-order valence-corrected chi connectivity index (χ2v) is 4.60. The summed E-state index contributed by atoms with van der Waals surface area (Å²) < 4.78 is 10.8. The molecule has 0 aromatic heterocycles. The Morgan fingerprint density at radius 1 is 0.750 bits per heavy atom. The van der Waals surface area contributed by atoms with Crippen LogP contribution in [0.25, 0.3) is 21.9 Å². The maximum absolute atomic E-state index is 5.53. The first-order valence-corrected chi connectivity index (χ1v) is 6.53. The zero-order valence-corrected chi connectivity index (χ0v) is 11.6. The first kappa shape index (κ1) is 12.5. The molecule has 100 valence electrons. The molecule has 0 bridgehead atoms. The average Bonchev–Trinajstić information content (AvgIpc) is 2.53. The zero-order valence-electron chi connectivity index (χ0n) is 11.6. The summed E-state index contributed by atoms with van der Waals surface area (Å²) in [6, 6.07) is 20.5. The largest absolute Gasteiger partial charge is 0.497 e. The molecule has 3 aromatic rings. The van der Waals surface area contributed by atoms with Crippen molar-refractivity contribution in [1.82, 2.24) is 0 Å². The van der Waals surface area contributed by atoms with Crippen LogP contribution in [0.15, 0.2) is 60.7 Å². The van der Waals surface area contributed by atoms with Crippen LogP contribution in [-0.2, 0) is 0 Å². The van der Waals surface area contributed by atoms with E-state index in [4.69, 9.17) is 9.47 Å². The van der Waals surface area contributed by atoms with E-state index >= 15 is 0 Å². The van der Waals surface area contributed by atoms with E-state index in [2.05, 4.69) is 24.3 Å². The molecule has 0 N–H and O–H groups in total. The van der Waals surface area contributed by atoms with E-state index in [1.54, 1.807) is 14.2 Å². The van der Waals surface area contributed by atoms with Gasteiger partial charge in [0, 0.05) is 5.56 Å². The molecule has 0 radical (unpaired) electrons. The average molecular weight is 264 g/mol. The minimum Gasteiger partial charge on any atom is -0.497 e. The SMILES string of the molecule is COc1ccc2c(-c3ccccc3)c(OC)ccc2c1. The number of benzene rings is 3. The molecule has 0 saturated carbocycles. The molecule has 0 aliphatic rings. The summed E-state index contributed by atoms with van der Waals surface area (Å²) in [5.41, 5.74) is 2.27. The summed E-state index contributed by atoms with van der Waals surface area (Å²) >= 11 is 0. The molecule has 0 aliphatic heterocycles. The molecule has 0 spiro atoms. The fraction of sp³-hybridized carbons (Fsp3) is 0.111. The van der Waals surface area contributed by atoms with Crippen molar-refractivity contribution in [3.05, 3.63) is 60.7 Å². The Morgan fingerprint density at radius 2 is 1.55 bits per heavy atom. The van der Waals surface area contributed by atoms with Crippen LogP contribution in [0.5, 0.6) is 11.5 Å². The van der Waals surface area contributed by atoms with Crippen LogP contribution in [0.1, 0.15) is 0 Å². The summed E-state index contributed by atoms with van der Waals surface area (Å²) in [5.74, 6) is 1.75. The molecule has 2 nitrogen and oxygen atoms in total. The van der Waals surface area contributed by atoms with Gasteiger partial charge < -0.3 is 9.47 Å². The highest BCUT2D eigenvalue weighted by atomic mass is 16.5. The third-order valence-electron chi connectivity index (χ3n) is 3.47. The molecular weight excluding hydrogens is 248 g/mol. The fourth-order valence-corrected chi connectivity index (χ4v) is 2.49. The smallest absolute Gasteiger partial charge is 0.127 e. The summed E-state index contributed by atoms with van der Waals surface area (Å²) in [7, 11) is 3.39.